The average molecular weight is 340 g/mol. The molecule has 1 heterocycles. The minimum Gasteiger partial charge on any atom is -0.480 e. The molecule has 0 fully saturated rings. The van der Waals surface area contributed by atoms with Crippen LogP contribution in [0, 0.1) is 5.82 Å². The molecule has 0 spiro atoms. The van der Waals surface area contributed by atoms with Crippen LogP contribution in [0.25, 0.3) is 0 Å². The van der Waals surface area contributed by atoms with E-state index in [1.165, 1.54) is 0 Å². The summed E-state index contributed by atoms with van der Waals surface area (Å²) in [5, 5.41) is 8.92. The zero-order valence-electron chi connectivity index (χ0n) is 10.9. The molecule has 0 saturated carbocycles. The first-order valence-corrected chi connectivity index (χ1v) is 9.09. The molecule has 0 aliphatic rings. The second kappa shape index (κ2) is 6.45. The van der Waals surface area contributed by atoms with Crippen LogP contribution in [0.15, 0.2) is 23.4 Å². The van der Waals surface area contributed by atoms with E-state index >= 15 is 0 Å². The topological polar surface area (TPSA) is 130 Å². The number of nitrogens with zero attached hydrogens (tertiary/aromatic N) is 1. The van der Waals surface area contributed by atoms with E-state index in [0.29, 0.717) is 6.07 Å². The normalized spacial score (nSPS) is 13.8. The Kier molecular flexibility index (Phi) is 5.36. The van der Waals surface area contributed by atoms with Gasteiger partial charge < -0.3 is 5.11 Å². The van der Waals surface area contributed by atoms with Crippen molar-refractivity contribution < 1.29 is 31.1 Å². The van der Waals surface area contributed by atoms with Gasteiger partial charge in [0, 0.05) is 12.5 Å². The number of aromatic nitrogens is 1. The van der Waals surface area contributed by atoms with Gasteiger partial charge in [0.2, 0.25) is 10.0 Å². The minimum atomic E-state index is -4.32. The van der Waals surface area contributed by atoms with E-state index in [1.54, 1.807) is 0 Å². The summed E-state index contributed by atoms with van der Waals surface area (Å²) in [5.41, 5.74) is 0. The number of pyridine rings is 1. The first kappa shape index (κ1) is 17.5. The van der Waals surface area contributed by atoms with E-state index in [2.05, 4.69) is 4.98 Å². The standard InChI is InChI=1S/C10H13FN2O6S2/c1-20(16,17)3-2-9(10(14)15)13-21(18,19)8-4-7(11)5-12-6-8/h4-6,9,13H,2-3H2,1H3,(H,14,15). The highest BCUT2D eigenvalue weighted by Gasteiger charge is 2.26. The van der Waals surface area contributed by atoms with Gasteiger partial charge in [-0.2, -0.15) is 4.72 Å². The van der Waals surface area contributed by atoms with Gasteiger partial charge in [0.05, 0.1) is 11.9 Å². The van der Waals surface area contributed by atoms with Crippen LogP contribution >= 0.6 is 0 Å². The van der Waals surface area contributed by atoms with Gasteiger partial charge in [-0.1, -0.05) is 0 Å². The molecule has 0 saturated heterocycles. The minimum absolute atomic E-state index is 0.448. The Morgan fingerprint density at radius 2 is 2.00 bits per heavy atom. The Morgan fingerprint density at radius 3 is 2.48 bits per heavy atom. The molecule has 0 aliphatic carbocycles. The average Bonchev–Trinajstić information content (AvgIpc) is 2.33. The molecule has 0 bridgehead atoms. The van der Waals surface area contributed by atoms with Crippen LogP contribution < -0.4 is 4.72 Å². The van der Waals surface area contributed by atoms with Gasteiger partial charge in [0.1, 0.15) is 26.6 Å². The van der Waals surface area contributed by atoms with E-state index in [1.807, 2.05) is 4.72 Å². The number of aliphatic carboxylic acids is 1. The van der Waals surface area contributed by atoms with Crippen LogP contribution in [0.4, 0.5) is 4.39 Å². The lowest BCUT2D eigenvalue weighted by Crippen LogP contribution is -2.41. The van der Waals surface area contributed by atoms with Gasteiger partial charge in [0.25, 0.3) is 0 Å². The van der Waals surface area contributed by atoms with E-state index in [9.17, 15) is 26.0 Å². The van der Waals surface area contributed by atoms with Crippen molar-refractivity contribution in [1.29, 1.82) is 0 Å². The molecule has 0 amide bonds. The maximum atomic E-state index is 12.9. The van der Waals surface area contributed by atoms with Crippen LogP contribution in [0.3, 0.4) is 0 Å². The summed E-state index contributed by atoms with van der Waals surface area (Å²) in [4.78, 5) is 13.8. The molecule has 1 unspecified atom stereocenters. The Labute approximate surface area is 121 Å². The summed E-state index contributed by atoms with van der Waals surface area (Å²) >= 11 is 0. The van der Waals surface area contributed by atoms with Crippen LogP contribution in [0.5, 0.6) is 0 Å². The molecule has 1 atom stereocenters. The quantitative estimate of drug-likeness (QED) is 0.677. The molecular formula is C10H13FN2O6S2. The molecule has 8 nitrogen and oxygen atoms in total. The maximum Gasteiger partial charge on any atom is 0.321 e. The maximum absolute atomic E-state index is 12.9. The van der Waals surface area contributed by atoms with Gasteiger partial charge in [-0.15, -0.1) is 0 Å². The first-order valence-electron chi connectivity index (χ1n) is 5.55. The SMILES string of the molecule is CS(=O)(=O)CCC(NS(=O)(=O)c1cncc(F)c1)C(=O)O. The second-order valence-corrected chi connectivity index (χ2v) is 8.24. The third-order valence-electron chi connectivity index (χ3n) is 2.36. The Bertz CT molecular complexity index is 732. The molecule has 0 aliphatic heterocycles. The van der Waals surface area contributed by atoms with Crippen LogP contribution in [0.1, 0.15) is 6.42 Å². The van der Waals surface area contributed by atoms with Gasteiger partial charge in [-0.05, 0) is 12.5 Å². The number of sulfonamides is 1. The van der Waals surface area contributed by atoms with Crippen molar-refractivity contribution in [3.63, 3.8) is 0 Å². The number of nitrogens with one attached hydrogen (secondary N) is 1. The summed E-state index contributed by atoms with van der Waals surface area (Å²) in [5.74, 6) is -2.94. The van der Waals surface area contributed by atoms with Gasteiger partial charge in [-0.3, -0.25) is 9.78 Å². The summed E-state index contributed by atoms with van der Waals surface area (Å²) < 4.78 is 60.6. The first-order chi connectivity index (χ1) is 9.51. The van der Waals surface area contributed by atoms with Crippen molar-refractivity contribution in [1.82, 2.24) is 9.71 Å². The number of rotatable bonds is 7. The van der Waals surface area contributed by atoms with Gasteiger partial charge >= 0.3 is 5.97 Å². The predicted octanol–water partition coefficient (Wildman–Crippen LogP) is -0.613. The van der Waals surface area contributed by atoms with E-state index in [-0.39, 0.29) is 0 Å². The lowest BCUT2D eigenvalue weighted by atomic mass is 10.2. The third-order valence-corrected chi connectivity index (χ3v) is 4.78. The molecule has 1 rings (SSSR count). The van der Waals surface area contributed by atoms with Gasteiger partial charge in [0.15, 0.2) is 0 Å². The van der Waals surface area contributed by atoms with Crippen molar-refractivity contribution in [2.45, 2.75) is 17.4 Å². The fraction of sp³-hybridized carbons (Fsp3) is 0.400. The highest BCUT2D eigenvalue weighted by atomic mass is 32.2. The molecule has 0 radical (unpaired) electrons. The highest BCUT2D eigenvalue weighted by Crippen LogP contribution is 2.10. The molecule has 0 aromatic carbocycles. The molecule has 11 heteroatoms. The number of carboxylic acids is 1. The Balaban J connectivity index is 2.95. The summed E-state index contributed by atoms with van der Waals surface area (Å²) in [7, 11) is -7.77. The number of hydrogen-bond donors (Lipinski definition) is 2. The van der Waals surface area contributed by atoms with Crippen molar-refractivity contribution >= 4 is 25.8 Å². The zero-order valence-corrected chi connectivity index (χ0v) is 12.5. The number of carboxylic acid groups (broad SMARTS) is 1. The molecule has 1 aromatic heterocycles. The predicted molar refractivity (Wildman–Crippen MR) is 70.3 cm³/mol. The van der Waals surface area contributed by atoms with Crippen molar-refractivity contribution in [3.8, 4) is 0 Å². The Hall–Kier alpha value is -1.59. The molecule has 1 aromatic rings. The molecule has 21 heavy (non-hydrogen) atoms. The van der Waals surface area contributed by atoms with Crippen LogP contribution in [0.2, 0.25) is 0 Å². The molecule has 2 N–H and O–H groups in total. The fourth-order valence-corrected chi connectivity index (χ4v) is 3.22. The second-order valence-electron chi connectivity index (χ2n) is 4.27. The number of hydrogen-bond acceptors (Lipinski definition) is 6. The lowest BCUT2D eigenvalue weighted by molar-refractivity contribution is -0.139. The molecule has 118 valence electrons. The largest absolute Gasteiger partial charge is 0.480 e. The van der Waals surface area contributed by atoms with E-state index in [0.717, 1.165) is 18.6 Å². The monoisotopic (exact) mass is 340 g/mol. The smallest absolute Gasteiger partial charge is 0.321 e. The zero-order chi connectivity index (χ0) is 16.3. The van der Waals surface area contributed by atoms with Crippen molar-refractivity contribution in [2.75, 3.05) is 12.0 Å². The Morgan fingerprint density at radius 1 is 1.38 bits per heavy atom. The van der Waals surface area contributed by atoms with Crippen LogP contribution in [-0.2, 0) is 24.7 Å². The highest BCUT2D eigenvalue weighted by molar-refractivity contribution is 7.90. The number of carbonyl (C=O) groups is 1. The van der Waals surface area contributed by atoms with Crippen molar-refractivity contribution in [2.24, 2.45) is 0 Å². The summed E-state index contributed by atoms with van der Waals surface area (Å²) in [6.07, 6.45) is 2.09. The van der Waals surface area contributed by atoms with Gasteiger partial charge in [-0.25, -0.2) is 21.2 Å². The summed E-state index contributed by atoms with van der Waals surface area (Å²) in [6.45, 7) is 0. The number of sulfone groups is 1. The molecular weight excluding hydrogens is 327 g/mol. The van der Waals surface area contributed by atoms with Crippen molar-refractivity contribution in [3.05, 3.63) is 24.3 Å². The summed E-state index contributed by atoms with van der Waals surface area (Å²) in [6, 6.07) is -0.974. The third kappa shape index (κ3) is 5.73. The lowest BCUT2D eigenvalue weighted by Gasteiger charge is -2.14. The van der Waals surface area contributed by atoms with Crippen LogP contribution in [-0.4, -0.2) is 50.9 Å². The number of halogens is 1. The van der Waals surface area contributed by atoms with E-state index in [4.69, 9.17) is 5.11 Å². The fourth-order valence-electron chi connectivity index (χ4n) is 1.36. The van der Waals surface area contributed by atoms with E-state index < -0.39 is 54.8 Å².